The van der Waals surface area contributed by atoms with Crippen LogP contribution in [0, 0.1) is 0 Å². The fourth-order valence-corrected chi connectivity index (χ4v) is 4.56. The predicted molar refractivity (Wildman–Crippen MR) is 148 cm³/mol. The van der Waals surface area contributed by atoms with Crippen LogP contribution in [0.3, 0.4) is 0 Å². The molecule has 0 atom stereocenters. The van der Waals surface area contributed by atoms with Gasteiger partial charge in [-0.1, -0.05) is 82.3 Å². The van der Waals surface area contributed by atoms with Crippen LogP contribution in [0.25, 0.3) is 39.6 Å². The number of pyridine rings is 1. The molecule has 5 aromatic rings. The van der Waals surface area contributed by atoms with E-state index in [1.165, 1.54) is 0 Å². The summed E-state index contributed by atoms with van der Waals surface area (Å²) >= 11 is 0. The van der Waals surface area contributed by atoms with Gasteiger partial charge in [-0.2, -0.15) is 0 Å². The lowest BCUT2D eigenvalue weighted by Gasteiger charge is -2.22. The van der Waals surface area contributed by atoms with Gasteiger partial charge in [0.2, 0.25) is 0 Å². The highest BCUT2D eigenvalue weighted by Crippen LogP contribution is 2.35. The van der Waals surface area contributed by atoms with E-state index >= 15 is 0 Å². The highest BCUT2D eigenvalue weighted by Gasteiger charge is 2.19. The molecular formula is C32H31N3O. The summed E-state index contributed by atoms with van der Waals surface area (Å²) in [6.07, 6.45) is 3.66. The molecule has 0 radical (unpaired) electrons. The Bertz CT molecular complexity index is 1580. The van der Waals surface area contributed by atoms with Gasteiger partial charge in [-0.15, -0.1) is 0 Å². The fourth-order valence-electron chi connectivity index (χ4n) is 4.56. The molecule has 4 heteroatoms. The maximum atomic E-state index is 10.3. The van der Waals surface area contributed by atoms with Crippen molar-refractivity contribution in [1.82, 2.24) is 14.5 Å². The SMILES string of the molecule is [2H]C(C)(C)c1cccc(C([2H])(C)C)c1-n1ccnc1-c1cccc(-c2cccc(-c3ccccc3O)n2)c1. The smallest absolute Gasteiger partial charge is 0.144 e. The van der Waals surface area contributed by atoms with Crippen LogP contribution < -0.4 is 0 Å². The minimum Gasteiger partial charge on any atom is -0.507 e. The third-order valence-corrected chi connectivity index (χ3v) is 6.34. The topological polar surface area (TPSA) is 50.9 Å². The van der Waals surface area contributed by atoms with E-state index in [4.69, 9.17) is 12.7 Å². The molecule has 5 rings (SSSR count). The molecule has 0 saturated heterocycles. The first-order chi connectivity index (χ1) is 18.0. The van der Waals surface area contributed by atoms with Gasteiger partial charge >= 0.3 is 0 Å². The van der Waals surface area contributed by atoms with Gasteiger partial charge in [0.15, 0.2) is 0 Å². The molecule has 2 heterocycles. The van der Waals surface area contributed by atoms with Crippen LogP contribution in [-0.4, -0.2) is 19.6 Å². The van der Waals surface area contributed by atoms with Crippen molar-refractivity contribution in [3.05, 3.63) is 108 Å². The maximum absolute atomic E-state index is 10.3. The third kappa shape index (κ3) is 4.42. The highest BCUT2D eigenvalue weighted by molar-refractivity contribution is 5.73. The van der Waals surface area contributed by atoms with Gasteiger partial charge in [0.1, 0.15) is 11.6 Å². The Labute approximate surface area is 215 Å². The monoisotopic (exact) mass is 475 g/mol. The minimum absolute atomic E-state index is 0.192. The first kappa shape index (κ1) is 21.1. The number of phenols is 1. The molecule has 1 N–H and O–H groups in total. The van der Waals surface area contributed by atoms with E-state index in [0.717, 1.165) is 39.5 Å². The molecule has 0 aliphatic rings. The molecule has 36 heavy (non-hydrogen) atoms. The predicted octanol–water partition coefficient (Wildman–Crippen LogP) is 8.22. The third-order valence-electron chi connectivity index (χ3n) is 6.34. The van der Waals surface area contributed by atoms with E-state index < -0.39 is 11.8 Å². The zero-order valence-electron chi connectivity index (χ0n) is 23.0. The Morgan fingerprint density at radius 2 is 1.39 bits per heavy atom. The van der Waals surface area contributed by atoms with Crippen molar-refractivity contribution < 1.29 is 7.85 Å². The van der Waals surface area contributed by atoms with E-state index in [-0.39, 0.29) is 5.75 Å². The number of aromatic hydroxyl groups is 1. The highest BCUT2D eigenvalue weighted by atomic mass is 16.3. The molecule has 2 aromatic heterocycles. The van der Waals surface area contributed by atoms with Gasteiger partial charge in [-0.25, -0.2) is 9.97 Å². The standard InChI is InChI=1S/C32H31N3O/c1-21(2)25-13-8-14-26(22(3)4)31(25)35-19-18-33-32(35)24-11-7-10-23(20-24)28-15-9-16-29(34-28)27-12-5-6-17-30(27)36/h5-22,36H,1-4H3/i21D,22D. The molecular weight excluding hydrogens is 442 g/mol. The molecule has 0 saturated carbocycles. The molecule has 0 spiro atoms. The number of nitrogens with zero attached hydrogens (tertiary/aromatic N) is 3. The van der Waals surface area contributed by atoms with E-state index in [1.54, 1.807) is 18.3 Å². The summed E-state index contributed by atoms with van der Waals surface area (Å²) in [6.45, 7) is 7.47. The van der Waals surface area contributed by atoms with Gasteiger partial charge in [-0.3, -0.25) is 4.57 Å². The van der Waals surface area contributed by atoms with Crippen molar-refractivity contribution in [2.24, 2.45) is 0 Å². The summed E-state index contributed by atoms with van der Waals surface area (Å²) in [7, 11) is 0. The quantitative estimate of drug-likeness (QED) is 0.269. The zero-order chi connectivity index (χ0) is 27.1. The van der Waals surface area contributed by atoms with Crippen molar-refractivity contribution in [3.63, 3.8) is 0 Å². The Morgan fingerprint density at radius 1 is 0.750 bits per heavy atom. The van der Waals surface area contributed by atoms with Gasteiger partial charge in [0.25, 0.3) is 0 Å². The maximum Gasteiger partial charge on any atom is 0.144 e. The van der Waals surface area contributed by atoms with E-state index in [0.29, 0.717) is 11.3 Å². The Balaban J connectivity index is 1.64. The molecule has 0 unspecified atom stereocenters. The average Bonchev–Trinajstić information content (AvgIpc) is 3.37. The Kier molecular flexibility index (Phi) is 5.77. The van der Waals surface area contributed by atoms with Crippen LogP contribution in [0.5, 0.6) is 5.75 Å². The second kappa shape index (κ2) is 9.82. The van der Waals surface area contributed by atoms with Crippen molar-refractivity contribution in [2.75, 3.05) is 0 Å². The number of benzene rings is 3. The molecule has 180 valence electrons. The number of aromatic nitrogens is 3. The second-order valence-electron chi connectivity index (χ2n) is 9.33. The van der Waals surface area contributed by atoms with Crippen molar-refractivity contribution in [1.29, 1.82) is 0 Å². The van der Waals surface area contributed by atoms with Gasteiger partial charge < -0.3 is 5.11 Å². The number of imidazole rings is 1. The minimum atomic E-state index is -0.868. The van der Waals surface area contributed by atoms with E-state index in [2.05, 4.69) is 6.07 Å². The first-order valence-corrected chi connectivity index (χ1v) is 12.1. The molecule has 3 aromatic carbocycles. The summed E-state index contributed by atoms with van der Waals surface area (Å²) in [6, 6.07) is 26.9. The lowest BCUT2D eigenvalue weighted by atomic mass is 9.92. The van der Waals surface area contributed by atoms with Crippen LogP contribution in [0.2, 0.25) is 0 Å². The van der Waals surface area contributed by atoms with Crippen LogP contribution >= 0.6 is 0 Å². The summed E-state index contributed by atoms with van der Waals surface area (Å²) < 4.78 is 19.7. The fraction of sp³-hybridized carbons (Fsp3) is 0.188. The number of hydrogen-bond donors (Lipinski definition) is 1. The van der Waals surface area contributed by atoms with E-state index in [9.17, 15) is 5.11 Å². The lowest BCUT2D eigenvalue weighted by molar-refractivity contribution is 0.477. The number of para-hydroxylation sites is 2. The van der Waals surface area contributed by atoms with Crippen molar-refractivity contribution in [2.45, 2.75) is 39.5 Å². The zero-order valence-corrected chi connectivity index (χ0v) is 21.0. The van der Waals surface area contributed by atoms with Crippen LogP contribution in [0.1, 0.15) is 53.4 Å². The van der Waals surface area contributed by atoms with Crippen LogP contribution in [0.15, 0.2) is 97.3 Å². The number of phenolic OH excluding ortho intramolecular Hbond substituents is 1. The summed E-state index contributed by atoms with van der Waals surface area (Å²) in [5, 5.41) is 10.3. The van der Waals surface area contributed by atoms with Crippen LogP contribution in [-0.2, 0) is 0 Å². The van der Waals surface area contributed by atoms with Gasteiger partial charge in [0, 0.05) is 31.8 Å². The molecule has 0 bridgehead atoms. The van der Waals surface area contributed by atoms with Gasteiger partial charge in [0.05, 0.1) is 17.1 Å². The molecule has 0 aliphatic heterocycles. The average molecular weight is 476 g/mol. The number of rotatable bonds is 6. The molecule has 0 amide bonds. The van der Waals surface area contributed by atoms with Crippen molar-refractivity contribution in [3.8, 4) is 45.3 Å². The van der Waals surface area contributed by atoms with Gasteiger partial charge in [-0.05, 0) is 53.2 Å². The molecule has 0 fully saturated rings. The molecule has 0 aliphatic carbocycles. The van der Waals surface area contributed by atoms with Crippen LogP contribution in [0.4, 0.5) is 0 Å². The lowest BCUT2D eigenvalue weighted by Crippen LogP contribution is -2.07. The number of hydrogen-bond acceptors (Lipinski definition) is 3. The Hall–Kier alpha value is -4.18. The molecule has 4 nitrogen and oxygen atoms in total. The summed E-state index contributed by atoms with van der Waals surface area (Å²) in [5.74, 6) is -0.816. The Morgan fingerprint density at radius 3 is 2.11 bits per heavy atom. The van der Waals surface area contributed by atoms with Crippen molar-refractivity contribution >= 4 is 0 Å². The second-order valence-corrected chi connectivity index (χ2v) is 9.33. The summed E-state index contributed by atoms with van der Waals surface area (Å²) in [5.41, 5.74) is 6.47. The largest absolute Gasteiger partial charge is 0.507 e. The first-order valence-electron chi connectivity index (χ1n) is 13.1. The summed E-state index contributed by atoms with van der Waals surface area (Å²) in [4.78, 5) is 9.54. The van der Waals surface area contributed by atoms with E-state index in [1.807, 2.05) is 105 Å². The normalized spacial score (nSPS) is 12.8.